The number of carbonyl (C=O) groups is 3. The van der Waals surface area contributed by atoms with E-state index in [1.807, 2.05) is 44.2 Å². The fraction of sp³-hybridized carbons (Fsp3) is 0.148. The van der Waals surface area contributed by atoms with Crippen molar-refractivity contribution >= 4 is 68.1 Å². The molecule has 1 fully saturated rings. The monoisotopic (exact) mass is 584 g/mol. The second kappa shape index (κ2) is 11.3. The smallest absolute Gasteiger partial charge is 0.294 e. The number of anilines is 1. The summed E-state index contributed by atoms with van der Waals surface area (Å²) >= 11 is 10.5. The number of halogens is 2. The van der Waals surface area contributed by atoms with E-state index < -0.39 is 17.1 Å². The number of nitrogens with one attached hydrogen (secondary N) is 1. The van der Waals surface area contributed by atoms with Gasteiger partial charge in [-0.1, -0.05) is 53.6 Å². The number of ether oxygens (including phenoxy) is 1. The van der Waals surface area contributed by atoms with Crippen molar-refractivity contribution in [3.8, 4) is 5.75 Å². The van der Waals surface area contributed by atoms with E-state index in [0.717, 1.165) is 33.4 Å². The fourth-order valence-electron chi connectivity index (χ4n) is 3.57. The summed E-state index contributed by atoms with van der Waals surface area (Å²) in [7, 11) is 0. The van der Waals surface area contributed by atoms with Crippen LogP contribution in [0.1, 0.15) is 22.3 Å². The van der Waals surface area contributed by atoms with Crippen molar-refractivity contribution in [3.63, 3.8) is 0 Å². The van der Waals surface area contributed by atoms with E-state index in [4.69, 9.17) is 16.3 Å². The molecule has 1 aliphatic rings. The number of nitrogens with zero attached hydrogens (tertiary/aromatic N) is 1. The topological polar surface area (TPSA) is 75.7 Å². The lowest BCUT2D eigenvalue weighted by Crippen LogP contribution is -2.36. The molecule has 0 unspecified atom stereocenters. The lowest BCUT2D eigenvalue weighted by molar-refractivity contribution is -0.127. The van der Waals surface area contributed by atoms with Gasteiger partial charge in [-0.05, 0) is 83.0 Å². The van der Waals surface area contributed by atoms with E-state index in [2.05, 4.69) is 21.2 Å². The van der Waals surface area contributed by atoms with Crippen molar-refractivity contribution in [2.24, 2.45) is 0 Å². The molecule has 1 aliphatic heterocycles. The van der Waals surface area contributed by atoms with Crippen LogP contribution in [0.5, 0.6) is 5.75 Å². The summed E-state index contributed by atoms with van der Waals surface area (Å²) in [5.74, 6) is -0.326. The van der Waals surface area contributed by atoms with E-state index in [1.54, 1.807) is 36.4 Å². The Morgan fingerprint density at radius 3 is 2.61 bits per heavy atom. The van der Waals surface area contributed by atoms with Gasteiger partial charge < -0.3 is 10.1 Å². The third-order valence-electron chi connectivity index (χ3n) is 5.43. The van der Waals surface area contributed by atoms with Crippen LogP contribution < -0.4 is 10.1 Å². The quantitative estimate of drug-likeness (QED) is 0.303. The predicted octanol–water partition coefficient (Wildman–Crippen LogP) is 6.97. The summed E-state index contributed by atoms with van der Waals surface area (Å²) in [5.41, 5.74) is 4.20. The van der Waals surface area contributed by atoms with Crippen LogP contribution in [0.3, 0.4) is 0 Å². The Kier molecular flexibility index (Phi) is 8.18. The van der Waals surface area contributed by atoms with Gasteiger partial charge in [-0.3, -0.25) is 19.3 Å². The van der Waals surface area contributed by atoms with Crippen molar-refractivity contribution in [1.82, 2.24) is 4.90 Å². The molecule has 0 spiro atoms. The molecule has 0 aromatic heterocycles. The lowest BCUT2D eigenvalue weighted by Gasteiger charge is -2.14. The van der Waals surface area contributed by atoms with E-state index in [0.29, 0.717) is 33.1 Å². The highest BCUT2D eigenvalue weighted by molar-refractivity contribution is 9.10. The normalized spacial score (nSPS) is 14.4. The third-order valence-corrected chi connectivity index (χ3v) is 7.32. The van der Waals surface area contributed by atoms with Gasteiger partial charge in [0.05, 0.1) is 9.38 Å². The van der Waals surface area contributed by atoms with Crippen LogP contribution in [0, 0.1) is 13.8 Å². The number of benzene rings is 3. The number of amides is 3. The summed E-state index contributed by atoms with van der Waals surface area (Å²) in [6.07, 6.45) is 1.62. The first-order chi connectivity index (χ1) is 17.2. The van der Waals surface area contributed by atoms with Crippen molar-refractivity contribution < 1.29 is 19.1 Å². The van der Waals surface area contributed by atoms with Gasteiger partial charge in [-0.15, -0.1) is 0 Å². The molecule has 3 aromatic rings. The number of hydrogen-bond donors (Lipinski definition) is 1. The molecule has 1 N–H and O–H groups in total. The van der Waals surface area contributed by atoms with E-state index >= 15 is 0 Å². The van der Waals surface area contributed by atoms with Gasteiger partial charge in [0.25, 0.3) is 11.1 Å². The Morgan fingerprint density at radius 1 is 1.11 bits per heavy atom. The van der Waals surface area contributed by atoms with Gasteiger partial charge in [0.2, 0.25) is 5.91 Å². The molecular weight excluding hydrogens is 564 g/mol. The summed E-state index contributed by atoms with van der Waals surface area (Å²) in [5, 5.41) is 2.91. The molecule has 184 valence electrons. The van der Waals surface area contributed by atoms with E-state index in [1.165, 1.54) is 0 Å². The maximum atomic E-state index is 12.9. The Labute approximate surface area is 226 Å². The number of hydrogen-bond acceptors (Lipinski definition) is 5. The van der Waals surface area contributed by atoms with Crippen molar-refractivity contribution in [2.75, 3.05) is 11.9 Å². The molecule has 0 aliphatic carbocycles. The third kappa shape index (κ3) is 6.19. The SMILES string of the molecule is Cc1ccc(NC(=O)CN2C(=O)S/C(=C/c3ccc(OCc4ccccc4Cl)c(Br)c3)C2=O)c(C)c1. The maximum absolute atomic E-state index is 12.9. The van der Waals surface area contributed by atoms with Crippen molar-refractivity contribution in [1.29, 1.82) is 0 Å². The first kappa shape index (κ1) is 26.0. The van der Waals surface area contributed by atoms with Gasteiger partial charge in [0, 0.05) is 16.3 Å². The highest BCUT2D eigenvalue weighted by atomic mass is 79.9. The van der Waals surface area contributed by atoms with Crippen LogP contribution in [0.4, 0.5) is 10.5 Å². The standard InChI is InChI=1S/C27H22BrClN2O4S/c1-16-7-9-22(17(2)11-16)30-25(32)14-31-26(33)24(36-27(31)34)13-18-8-10-23(20(28)12-18)35-15-19-5-3-4-6-21(19)29/h3-13H,14-15H2,1-2H3,(H,30,32)/b24-13+. The van der Waals surface area contributed by atoms with Gasteiger partial charge in [-0.2, -0.15) is 0 Å². The summed E-state index contributed by atoms with van der Waals surface area (Å²) in [4.78, 5) is 39.0. The predicted molar refractivity (Wildman–Crippen MR) is 147 cm³/mol. The minimum Gasteiger partial charge on any atom is -0.488 e. The van der Waals surface area contributed by atoms with Crippen LogP contribution in [0.2, 0.25) is 5.02 Å². The first-order valence-electron chi connectivity index (χ1n) is 11.0. The Balaban J connectivity index is 1.41. The molecule has 0 bridgehead atoms. The molecule has 0 radical (unpaired) electrons. The summed E-state index contributed by atoms with van der Waals surface area (Å²) in [6, 6.07) is 18.4. The molecule has 3 amide bonds. The number of carbonyl (C=O) groups excluding carboxylic acids is 3. The Morgan fingerprint density at radius 2 is 1.89 bits per heavy atom. The van der Waals surface area contributed by atoms with E-state index in [-0.39, 0.29) is 11.4 Å². The molecule has 6 nitrogen and oxygen atoms in total. The lowest BCUT2D eigenvalue weighted by atomic mass is 10.1. The van der Waals surface area contributed by atoms with Crippen molar-refractivity contribution in [2.45, 2.75) is 20.5 Å². The molecule has 3 aromatic carbocycles. The minimum atomic E-state index is -0.504. The molecular formula is C27H22BrClN2O4S. The summed E-state index contributed by atoms with van der Waals surface area (Å²) in [6.45, 7) is 3.80. The van der Waals surface area contributed by atoms with Crippen LogP contribution in [0.25, 0.3) is 6.08 Å². The van der Waals surface area contributed by atoms with Gasteiger partial charge in [0.15, 0.2) is 0 Å². The van der Waals surface area contributed by atoms with Gasteiger partial charge in [0.1, 0.15) is 18.9 Å². The molecule has 1 saturated heterocycles. The molecule has 1 heterocycles. The molecule has 36 heavy (non-hydrogen) atoms. The Bertz CT molecular complexity index is 1390. The number of aryl methyl sites for hydroxylation is 2. The molecule has 0 atom stereocenters. The highest BCUT2D eigenvalue weighted by Crippen LogP contribution is 2.34. The van der Waals surface area contributed by atoms with Crippen molar-refractivity contribution in [3.05, 3.63) is 97.3 Å². The summed E-state index contributed by atoms with van der Waals surface area (Å²) < 4.78 is 6.55. The van der Waals surface area contributed by atoms with Crippen LogP contribution in [0.15, 0.2) is 70.0 Å². The zero-order valence-electron chi connectivity index (χ0n) is 19.5. The number of imide groups is 1. The van der Waals surface area contributed by atoms with Gasteiger partial charge in [-0.25, -0.2) is 0 Å². The second-order valence-electron chi connectivity index (χ2n) is 8.20. The van der Waals surface area contributed by atoms with Crippen LogP contribution in [-0.4, -0.2) is 28.5 Å². The largest absolute Gasteiger partial charge is 0.488 e. The average Bonchev–Trinajstić information content (AvgIpc) is 3.08. The van der Waals surface area contributed by atoms with Gasteiger partial charge >= 0.3 is 0 Å². The average molecular weight is 586 g/mol. The highest BCUT2D eigenvalue weighted by Gasteiger charge is 2.36. The molecule has 4 rings (SSSR count). The zero-order chi connectivity index (χ0) is 25.8. The second-order valence-corrected chi connectivity index (χ2v) is 10.5. The number of rotatable bonds is 7. The number of thioether (sulfide) groups is 1. The molecule has 0 saturated carbocycles. The van der Waals surface area contributed by atoms with E-state index in [9.17, 15) is 14.4 Å². The minimum absolute atomic E-state index is 0.246. The molecule has 9 heteroatoms. The van der Waals surface area contributed by atoms with Crippen LogP contribution in [-0.2, 0) is 16.2 Å². The maximum Gasteiger partial charge on any atom is 0.294 e. The Hall–Kier alpha value is -3.07. The zero-order valence-corrected chi connectivity index (χ0v) is 22.7. The fourth-order valence-corrected chi connectivity index (χ4v) is 5.11. The van der Waals surface area contributed by atoms with Crippen LogP contribution >= 0.6 is 39.3 Å². The first-order valence-corrected chi connectivity index (χ1v) is 13.0.